The minimum atomic E-state index is -0.148. The van der Waals surface area contributed by atoms with Crippen LogP contribution in [0.3, 0.4) is 0 Å². The van der Waals surface area contributed by atoms with Crippen molar-refractivity contribution < 1.29 is 9.53 Å². The first-order valence-electron chi connectivity index (χ1n) is 3.66. The van der Waals surface area contributed by atoms with Crippen molar-refractivity contribution in [2.24, 2.45) is 0 Å². The maximum Gasteiger partial charge on any atom is 0.251 e. The van der Waals surface area contributed by atoms with Crippen LogP contribution in [-0.2, 0) is 9.53 Å². The number of nitrogens with one attached hydrogen (secondary N) is 1. The van der Waals surface area contributed by atoms with Gasteiger partial charge < -0.3 is 10.1 Å². The SMILES string of the molecule is CCCC1OC1C(=O)NC. The molecule has 58 valence electrons. The number of likely N-dealkylation sites (N-methyl/N-ethyl adjacent to an activating group) is 1. The van der Waals surface area contributed by atoms with Crippen LogP contribution in [-0.4, -0.2) is 25.2 Å². The Morgan fingerprint density at radius 1 is 1.70 bits per heavy atom. The maximum atomic E-state index is 10.8. The summed E-state index contributed by atoms with van der Waals surface area (Å²) in [4.78, 5) is 10.8. The largest absolute Gasteiger partial charge is 0.359 e. The first kappa shape index (κ1) is 7.54. The Morgan fingerprint density at radius 2 is 2.40 bits per heavy atom. The fourth-order valence-corrected chi connectivity index (χ4v) is 1.02. The molecule has 2 unspecified atom stereocenters. The molecule has 1 saturated heterocycles. The van der Waals surface area contributed by atoms with Gasteiger partial charge in [0.25, 0.3) is 5.91 Å². The predicted octanol–water partition coefficient (Wildman–Crippen LogP) is 0.300. The summed E-state index contributed by atoms with van der Waals surface area (Å²) in [7, 11) is 1.63. The van der Waals surface area contributed by atoms with Crippen molar-refractivity contribution in [1.82, 2.24) is 5.32 Å². The number of carbonyl (C=O) groups is 1. The Kier molecular flexibility index (Phi) is 2.27. The lowest BCUT2D eigenvalue weighted by atomic mass is 10.2. The molecule has 2 atom stereocenters. The van der Waals surface area contributed by atoms with E-state index in [1.54, 1.807) is 7.05 Å². The van der Waals surface area contributed by atoms with Gasteiger partial charge in [0.2, 0.25) is 0 Å². The highest BCUT2D eigenvalue weighted by Crippen LogP contribution is 2.26. The third kappa shape index (κ3) is 1.48. The summed E-state index contributed by atoms with van der Waals surface area (Å²) in [5.74, 6) is 0.0125. The number of carbonyl (C=O) groups excluding carboxylic acids is 1. The summed E-state index contributed by atoms with van der Waals surface area (Å²) < 4.78 is 5.10. The molecule has 1 fully saturated rings. The maximum absolute atomic E-state index is 10.8. The van der Waals surface area contributed by atoms with E-state index in [9.17, 15) is 4.79 Å². The molecule has 1 rings (SSSR count). The van der Waals surface area contributed by atoms with E-state index >= 15 is 0 Å². The van der Waals surface area contributed by atoms with E-state index < -0.39 is 0 Å². The quantitative estimate of drug-likeness (QED) is 0.577. The predicted molar refractivity (Wildman–Crippen MR) is 37.6 cm³/mol. The molecule has 3 heteroatoms. The Labute approximate surface area is 60.7 Å². The minimum absolute atomic E-state index is 0.0125. The zero-order valence-corrected chi connectivity index (χ0v) is 6.39. The average molecular weight is 143 g/mol. The second-order valence-corrected chi connectivity index (χ2v) is 2.50. The normalized spacial score (nSPS) is 29.8. The van der Waals surface area contributed by atoms with Crippen molar-refractivity contribution in [3.05, 3.63) is 0 Å². The van der Waals surface area contributed by atoms with Crippen molar-refractivity contribution in [2.75, 3.05) is 7.05 Å². The molecule has 0 bridgehead atoms. The third-order valence-electron chi connectivity index (χ3n) is 1.66. The van der Waals surface area contributed by atoms with Gasteiger partial charge in [0.1, 0.15) is 0 Å². The first-order valence-corrected chi connectivity index (χ1v) is 3.66. The van der Waals surface area contributed by atoms with Crippen molar-refractivity contribution in [3.8, 4) is 0 Å². The van der Waals surface area contributed by atoms with Gasteiger partial charge in [0.15, 0.2) is 6.10 Å². The lowest BCUT2D eigenvalue weighted by molar-refractivity contribution is -0.121. The number of hydrogen-bond donors (Lipinski definition) is 1. The van der Waals surface area contributed by atoms with E-state index in [4.69, 9.17) is 4.74 Å². The molecule has 1 aliphatic rings. The van der Waals surface area contributed by atoms with Gasteiger partial charge in [-0.05, 0) is 6.42 Å². The monoisotopic (exact) mass is 143 g/mol. The van der Waals surface area contributed by atoms with Crippen LogP contribution in [0.2, 0.25) is 0 Å². The summed E-state index contributed by atoms with van der Waals surface area (Å²) in [6.07, 6.45) is 2.13. The zero-order chi connectivity index (χ0) is 7.56. The first-order chi connectivity index (χ1) is 4.79. The van der Waals surface area contributed by atoms with Crippen LogP contribution in [0.15, 0.2) is 0 Å². The molecule has 10 heavy (non-hydrogen) atoms. The molecule has 1 heterocycles. The van der Waals surface area contributed by atoms with Gasteiger partial charge in [-0.25, -0.2) is 0 Å². The van der Waals surface area contributed by atoms with Crippen LogP contribution in [0, 0.1) is 0 Å². The third-order valence-corrected chi connectivity index (χ3v) is 1.66. The highest BCUT2D eigenvalue weighted by atomic mass is 16.6. The Balaban J connectivity index is 2.18. The second kappa shape index (κ2) is 3.01. The minimum Gasteiger partial charge on any atom is -0.359 e. The second-order valence-electron chi connectivity index (χ2n) is 2.50. The zero-order valence-electron chi connectivity index (χ0n) is 6.39. The highest BCUT2D eigenvalue weighted by Gasteiger charge is 2.43. The average Bonchev–Trinajstić information content (AvgIpc) is 2.67. The summed E-state index contributed by atoms with van der Waals surface area (Å²) in [6, 6.07) is 0. The molecule has 0 radical (unpaired) electrons. The van der Waals surface area contributed by atoms with E-state index in [0.717, 1.165) is 12.8 Å². The summed E-state index contributed by atoms with van der Waals surface area (Å²) in [6.45, 7) is 2.09. The van der Waals surface area contributed by atoms with Gasteiger partial charge in [-0.15, -0.1) is 0 Å². The van der Waals surface area contributed by atoms with Crippen LogP contribution < -0.4 is 5.32 Å². The van der Waals surface area contributed by atoms with E-state index in [1.165, 1.54) is 0 Å². The fourth-order valence-electron chi connectivity index (χ4n) is 1.02. The number of amides is 1. The van der Waals surface area contributed by atoms with Gasteiger partial charge in [-0.3, -0.25) is 4.79 Å². The Morgan fingerprint density at radius 3 is 2.90 bits per heavy atom. The lowest BCUT2D eigenvalue weighted by Gasteiger charge is -1.90. The topological polar surface area (TPSA) is 41.6 Å². The molecule has 0 aliphatic carbocycles. The molecule has 1 N–H and O–H groups in total. The fraction of sp³-hybridized carbons (Fsp3) is 0.857. The van der Waals surface area contributed by atoms with Gasteiger partial charge >= 0.3 is 0 Å². The summed E-state index contributed by atoms with van der Waals surface area (Å²) in [5.41, 5.74) is 0. The van der Waals surface area contributed by atoms with E-state index in [2.05, 4.69) is 12.2 Å². The number of epoxide rings is 1. The molecule has 0 aromatic heterocycles. The van der Waals surface area contributed by atoms with Crippen LogP contribution in [0.4, 0.5) is 0 Å². The van der Waals surface area contributed by atoms with E-state index in [0.29, 0.717) is 0 Å². The van der Waals surface area contributed by atoms with Crippen molar-refractivity contribution >= 4 is 5.91 Å². The van der Waals surface area contributed by atoms with Crippen LogP contribution >= 0.6 is 0 Å². The van der Waals surface area contributed by atoms with Gasteiger partial charge in [0, 0.05) is 7.05 Å². The molecule has 0 aromatic rings. The molecule has 0 aromatic carbocycles. The standard InChI is InChI=1S/C7H13NO2/c1-3-4-5-6(10-5)7(9)8-2/h5-6H,3-4H2,1-2H3,(H,8,9). The lowest BCUT2D eigenvalue weighted by Crippen LogP contribution is -2.24. The number of ether oxygens (including phenoxy) is 1. The molecular formula is C7H13NO2. The smallest absolute Gasteiger partial charge is 0.251 e. The summed E-state index contributed by atoms with van der Waals surface area (Å²) in [5, 5.41) is 2.55. The van der Waals surface area contributed by atoms with Crippen molar-refractivity contribution in [2.45, 2.75) is 32.0 Å². The molecular weight excluding hydrogens is 130 g/mol. The number of hydrogen-bond acceptors (Lipinski definition) is 2. The Hall–Kier alpha value is -0.570. The highest BCUT2D eigenvalue weighted by molar-refractivity contribution is 5.83. The van der Waals surface area contributed by atoms with Gasteiger partial charge in [-0.1, -0.05) is 13.3 Å². The van der Waals surface area contributed by atoms with Crippen molar-refractivity contribution in [3.63, 3.8) is 0 Å². The molecule has 0 saturated carbocycles. The van der Waals surface area contributed by atoms with Crippen molar-refractivity contribution in [1.29, 1.82) is 0 Å². The molecule has 1 amide bonds. The molecule has 1 aliphatic heterocycles. The molecule has 0 spiro atoms. The molecule has 3 nitrogen and oxygen atoms in total. The number of rotatable bonds is 3. The summed E-state index contributed by atoms with van der Waals surface area (Å²) >= 11 is 0. The van der Waals surface area contributed by atoms with Crippen LogP contribution in [0.1, 0.15) is 19.8 Å². The van der Waals surface area contributed by atoms with E-state index in [-0.39, 0.29) is 18.1 Å². The van der Waals surface area contributed by atoms with Crippen LogP contribution in [0.25, 0.3) is 0 Å². The Bertz CT molecular complexity index is 136. The van der Waals surface area contributed by atoms with E-state index in [1.807, 2.05) is 0 Å². The van der Waals surface area contributed by atoms with Gasteiger partial charge in [-0.2, -0.15) is 0 Å². The van der Waals surface area contributed by atoms with Gasteiger partial charge in [0.05, 0.1) is 6.10 Å². The van der Waals surface area contributed by atoms with Crippen LogP contribution in [0.5, 0.6) is 0 Å².